The Kier molecular flexibility index (Phi) is 2.57. The first-order valence-corrected chi connectivity index (χ1v) is 6.34. The molecule has 0 fully saturated rings. The van der Waals surface area contributed by atoms with Gasteiger partial charge in [0.05, 0.1) is 14.2 Å². The molecule has 0 saturated carbocycles. The Morgan fingerprint density at radius 2 is 2.06 bits per heavy atom. The molecule has 1 unspecified atom stereocenters. The second-order valence-electron chi connectivity index (χ2n) is 5.28. The first-order valence-electron chi connectivity index (χ1n) is 6.34. The van der Waals surface area contributed by atoms with Crippen molar-refractivity contribution in [3.05, 3.63) is 29.5 Å². The highest BCUT2D eigenvalue weighted by molar-refractivity contribution is 5.86. The van der Waals surface area contributed by atoms with Gasteiger partial charge >= 0.3 is 0 Å². The number of hydrogen-bond acceptors (Lipinski definition) is 2. The van der Waals surface area contributed by atoms with Crippen molar-refractivity contribution >= 4 is 10.9 Å². The number of nitrogens with zero attached hydrogens (tertiary/aromatic N) is 1. The van der Waals surface area contributed by atoms with Crippen LogP contribution < -0.4 is 4.74 Å². The zero-order chi connectivity index (χ0) is 12.8. The van der Waals surface area contributed by atoms with Gasteiger partial charge in [0.25, 0.3) is 0 Å². The van der Waals surface area contributed by atoms with Crippen molar-refractivity contribution in [3.8, 4) is 5.75 Å². The summed E-state index contributed by atoms with van der Waals surface area (Å²) < 4.78 is 5.36. The van der Waals surface area contributed by atoms with Gasteiger partial charge in [-0.05, 0) is 17.7 Å². The monoisotopic (exact) mass is 247 g/mol. The van der Waals surface area contributed by atoms with Gasteiger partial charge in [0.2, 0.25) is 0 Å². The predicted molar refractivity (Wildman–Crippen MR) is 70.0 cm³/mol. The van der Waals surface area contributed by atoms with Crippen LogP contribution in [0.15, 0.2) is 18.2 Å². The summed E-state index contributed by atoms with van der Waals surface area (Å²) in [5.74, 6) is 0.877. The Morgan fingerprint density at radius 1 is 1.28 bits per heavy atom. The number of H-pyrrole nitrogens is 1. The van der Waals surface area contributed by atoms with Crippen molar-refractivity contribution in [2.24, 2.45) is 0 Å². The van der Waals surface area contributed by atoms with Gasteiger partial charge < -0.3 is 9.72 Å². The van der Waals surface area contributed by atoms with Crippen molar-refractivity contribution in [1.82, 2.24) is 4.98 Å². The molecule has 0 spiro atoms. The van der Waals surface area contributed by atoms with E-state index in [1.807, 2.05) is 19.2 Å². The third-order valence-electron chi connectivity index (χ3n) is 3.89. The average Bonchev–Trinajstić information content (AvgIpc) is 2.63. The van der Waals surface area contributed by atoms with Crippen LogP contribution in [0.1, 0.15) is 11.3 Å². The van der Waals surface area contributed by atoms with Crippen molar-refractivity contribution < 1.29 is 14.6 Å². The molecule has 4 heteroatoms. The largest absolute Gasteiger partial charge is 0.497 e. The molecular weight excluding hydrogens is 228 g/mol. The standard InChI is InChI=1S/C14H19N2O2/c1-16(17)7-5-12-11-4-3-10(18-2)9-14(11)15-13(12)6-8-16/h3-4,9,15,17H,5-8H2,1-2H3/q+1. The molecule has 0 saturated heterocycles. The number of likely N-dealkylation sites (N-methyl/N-ethyl adjacent to an activating group) is 1. The van der Waals surface area contributed by atoms with Gasteiger partial charge in [0.15, 0.2) is 0 Å². The Bertz CT molecular complexity index is 587. The van der Waals surface area contributed by atoms with Crippen LogP contribution in [-0.4, -0.2) is 42.1 Å². The number of rotatable bonds is 1. The lowest BCUT2D eigenvalue weighted by Crippen LogP contribution is -2.42. The van der Waals surface area contributed by atoms with E-state index in [2.05, 4.69) is 11.1 Å². The van der Waals surface area contributed by atoms with Gasteiger partial charge in [-0.15, -0.1) is 0 Å². The van der Waals surface area contributed by atoms with E-state index in [1.54, 1.807) is 7.11 Å². The minimum Gasteiger partial charge on any atom is -0.497 e. The van der Waals surface area contributed by atoms with Gasteiger partial charge in [-0.3, -0.25) is 0 Å². The number of fused-ring (bicyclic) bond motifs is 3. The summed E-state index contributed by atoms with van der Waals surface area (Å²) in [7, 11) is 3.56. The van der Waals surface area contributed by atoms with Crippen molar-refractivity contribution in [1.29, 1.82) is 0 Å². The summed E-state index contributed by atoms with van der Waals surface area (Å²) >= 11 is 0. The molecule has 3 rings (SSSR count). The molecule has 96 valence electrons. The lowest BCUT2D eigenvalue weighted by Gasteiger charge is -2.22. The second kappa shape index (κ2) is 4.00. The van der Waals surface area contributed by atoms with E-state index in [-0.39, 0.29) is 4.65 Å². The van der Waals surface area contributed by atoms with Crippen molar-refractivity contribution in [2.75, 3.05) is 27.2 Å². The fourth-order valence-electron chi connectivity index (χ4n) is 2.73. The van der Waals surface area contributed by atoms with Crippen molar-refractivity contribution in [2.45, 2.75) is 12.8 Å². The number of quaternary nitrogens is 1. The summed E-state index contributed by atoms with van der Waals surface area (Å²) in [6.07, 6.45) is 1.80. The first kappa shape index (κ1) is 11.6. The number of aromatic nitrogens is 1. The molecule has 2 N–H and O–H groups in total. The van der Waals surface area contributed by atoms with Gasteiger partial charge in [-0.25, -0.2) is 5.21 Å². The van der Waals surface area contributed by atoms with Gasteiger partial charge in [-0.1, -0.05) is 0 Å². The summed E-state index contributed by atoms with van der Waals surface area (Å²) in [5, 5.41) is 11.4. The summed E-state index contributed by atoms with van der Waals surface area (Å²) in [6.45, 7) is 1.53. The van der Waals surface area contributed by atoms with E-state index < -0.39 is 0 Å². The van der Waals surface area contributed by atoms with E-state index in [1.165, 1.54) is 16.6 Å². The number of hydrogen-bond donors (Lipinski definition) is 2. The zero-order valence-corrected chi connectivity index (χ0v) is 10.9. The third-order valence-corrected chi connectivity index (χ3v) is 3.89. The van der Waals surface area contributed by atoms with E-state index in [4.69, 9.17) is 4.74 Å². The number of hydroxylamine groups is 3. The first-order chi connectivity index (χ1) is 8.59. The molecule has 1 aromatic carbocycles. The highest BCUT2D eigenvalue weighted by Crippen LogP contribution is 2.29. The number of benzene rings is 1. The molecule has 0 amide bonds. The molecule has 1 atom stereocenters. The van der Waals surface area contributed by atoms with E-state index in [0.29, 0.717) is 0 Å². The maximum absolute atomic E-state index is 10.1. The van der Waals surface area contributed by atoms with Crippen LogP contribution in [0.2, 0.25) is 0 Å². The summed E-state index contributed by atoms with van der Waals surface area (Å²) in [6, 6.07) is 6.14. The molecule has 4 nitrogen and oxygen atoms in total. The molecule has 2 heterocycles. The minimum absolute atomic E-state index is 0.111. The summed E-state index contributed by atoms with van der Waals surface area (Å²) in [4.78, 5) is 3.47. The second-order valence-corrected chi connectivity index (χ2v) is 5.28. The topological polar surface area (TPSA) is 45.2 Å². The van der Waals surface area contributed by atoms with Crippen LogP contribution in [0.5, 0.6) is 5.75 Å². The Labute approximate surface area is 106 Å². The quantitative estimate of drug-likeness (QED) is 0.758. The van der Waals surface area contributed by atoms with Crippen LogP contribution in [0.3, 0.4) is 0 Å². The molecule has 1 aromatic heterocycles. The van der Waals surface area contributed by atoms with Crippen LogP contribution >= 0.6 is 0 Å². The van der Waals surface area contributed by atoms with Crippen LogP contribution in [-0.2, 0) is 12.8 Å². The van der Waals surface area contributed by atoms with Crippen LogP contribution in [0.25, 0.3) is 10.9 Å². The normalized spacial score (nSPS) is 23.7. The minimum atomic E-state index is 0.111. The Hall–Kier alpha value is -1.52. The maximum atomic E-state index is 10.1. The SMILES string of the molecule is COc1ccc2c3c([nH]c2c1)CC[N+](C)(O)CC3. The molecule has 2 aromatic rings. The molecule has 1 aliphatic heterocycles. The Balaban J connectivity index is 2.07. The molecular formula is C14H19N2O2+. The smallest absolute Gasteiger partial charge is 0.120 e. The average molecular weight is 247 g/mol. The lowest BCUT2D eigenvalue weighted by atomic mass is 10.1. The van der Waals surface area contributed by atoms with E-state index >= 15 is 0 Å². The molecule has 0 aliphatic carbocycles. The Morgan fingerprint density at radius 3 is 2.83 bits per heavy atom. The summed E-state index contributed by atoms with van der Waals surface area (Å²) in [5.41, 5.74) is 3.74. The van der Waals surface area contributed by atoms with E-state index in [9.17, 15) is 5.21 Å². The van der Waals surface area contributed by atoms with Crippen LogP contribution in [0.4, 0.5) is 0 Å². The lowest BCUT2D eigenvalue weighted by molar-refractivity contribution is -1.09. The molecule has 18 heavy (non-hydrogen) atoms. The fraction of sp³-hybridized carbons (Fsp3) is 0.429. The highest BCUT2D eigenvalue weighted by atomic mass is 16.5. The van der Waals surface area contributed by atoms with Gasteiger partial charge in [0.1, 0.15) is 18.8 Å². The highest BCUT2D eigenvalue weighted by Gasteiger charge is 2.26. The van der Waals surface area contributed by atoms with Crippen molar-refractivity contribution in [3.63, 3.8) is 0 Å². The van der Waals surface area contributed by atoms with E-state index in [0.717, 1.165) is 37.2 Å². The molecule has 1 aliphatic rings. The fourth-order valence-corrected chi connectivity index (χ4v) is 2.73. The predicted octanol–water partition coefficient (Wildman–Crippen LogP) is 2.11. The van der Waals surface area contributed by atoms with Crippen LogP contribution in [0, 0.1) is 0 Å². The number of ether oxygens (including phenoxy) is 1. The maximum Gasteiger partial charge on any atom is 0.120 e. The van der Waals surface area contributed by atoms with Gasteiger partial charge in [-0.2, -0.15) is 4.65 Å². The third kappa shape index (κ3) is 1.87. The number of methoxy groups -OCH3 is 1. The van der Waals surface area contributed by atoms with Gasteiger partial charge in [0, 0.05) is 35.5 Å². The zero-order valence-electron chi connectivity index (χ0n) is 10.9. The number of aromatic amines is 1. The molecule has 0 bridgehead atoms. The number of nitrogens with one attached hydrogen (secondary N) is 1. The molecule has 0 radical (unpaired) electrons.